The van der Waals surface area contributed by atoms with Crippen LogP contribution in [-0.2, 0) is 6.54 Å². The van der Waals surface area contributed by atoms with Crippen LogP contribution in [0.25, 0.3) is 0 Å². The second kappa shape index (κ2) is 14.1. The summed E-state index contributed by atoms with van der Waals surface area (Å²) in [6.45, 7) is 5.00. The van der Waals surface area contributed by atoms with Gasteiger partial charge in [-0.15, -0.1) is 0 Å². The van der Waals surface area contributed by atoms with Gasteiger partial charge in [0.05, 0.1) is 45.5 Å². The Morgan fingerprint density at radius 3 is 1.07 bits per heavy atom. The fourth-order valence-electron chi connectivity index (χ4n) is 8.40. The van der Waals surface area contributed by atoms with Crippen LogP contribution in [0.15, 0.2) is 194 Å². The second-order valence-electron chi connectivity index (χ2n) is 15.0. The Balaban J connectivity index is 0.982. The smallest absolute Gasteiger partial charge is 0.0699 e. The van der Waals surface area contributed by atoms with Gasteiger partial charge in [-0.25, -0.2) is 0 Å². The first kappa shape index (κ1) is 34.3. The van der Waals surface area contributed by atoms with Gasteiger partial charge in [-0.1, -0.05) is 96.1 Å². The summed E-state index contributed by atoms with van der Waals surface area (Å²) < 4.78 is 0. The van der Waals surface area contributed by atoms with E-state index in [0.717, 1.165) is 46.4 Å². The minimum Gasteiger partial charge on any atom is -0.341 e. The third-order valence-electron chi connectivity index (χ3n) is 11.3. The molecule has 0 bridgehead atoms. The van der Waals surface area contributed by atoms with Crippen molar-refractivity contribution in [3.05, 3.63) is 211 Å². The molecular weight excluding hydrogens is 695 g/mol. The zero-order chi connectivity index (χ0) is 38.5. The van der Waals surface area contributed by atoms with Gasteiger partial charge in [-0.05, 0) is 129 Å². The van der Waals surface area contributed by atoms with Crippen LogP contribution >= 0.6 is 0 Å². The molecule has 0 aromatic heterocycles. The molecule has 0 atom stereocenters. The Morgan fingerprint density at radius 2 is 0.667 bits per heavy atom. The van der Waals surface area contributed by atoms with E-state index in [4.69, 9.17) is 0 Å². The predicted molar refractivity (Wildman–Crippen MR) is 240 cm³/mol. The van der Waals surface area contributed by atoms with Gasteiger partial charge in [0.15, 0.2) is 0 Å². The molecule has 5 nitrogen and oxygen atoms in total. The van der Waals surface area contributed by atoms with Crippen molar-refractivity contribution in [1.29, 1.82) is 0 Å². The number of hydrogen-bond donors (Lipinski definition) is 0. The first-order valence-electron chi connectivity index (χ1n) is 19.6. The van der Waals surface area contributed by atoms with Gasteiger partial charge in [-0.2, -0.15) is 0 Å². The molecule has 2 aliphatic rings. The molecule has 0 spiro atoms. The lowest BCUT2D eigenvalue weighted by Gasteiger charge is -2.40. The highest BCUT2D eigenvalue weighted by Crippen LogP contribution is 2.53. The summed E-state index contributed by atoms with van der Waals surface area (Å²) in [4.78, 5) is 11.8. The maximum atomic E-state index is 2.46. The zero-order valence-electron chi connectivity index (χ0n) is 32.4. The second-order valence-corrected chi connectivity index (χ2v) is 15.0. The third-order valence-corrected chi connectivity index (χ3v) is 11.3. The molecule has 8 aromatic carbocycles. The molecule has 0 aliphatic carbocycles. The van der Waals surface area contributed by atoms with E-state index in [1.165, 1.54) is 50.8 Å². The maximum absolute atomic E-state index is 2.46. The number of anilines is 13. The van der Waals surface area contributed by atoms with Crippen LogP contribution in [0.1, 0.15) is 16.7 Å². The van der Waals surface area contributed by atoms with Gasteiger partial charge < -0.3 is 24.5 Å². The molecule has 8 aromatic rings. The molecule has 0 radical (unpaired) electrons. The molecule has 57 heavy (non-hydrogen) atoms. The topological polar surface area (TPSA) is 16.2 Å². The number of aryl methyl sites for hydroxylation is 2. The van der Waals surface area contributed by atoms with E-state index in [1.54, 1.807) is 0 Å². The summed E-state index contributed by atoms with van der Waals surface area (Å²) in [5, 5.41) is 0. The van der Waals surface area contributed by atoms with E-state index in [2.05, 4.69) is 240 Å². The molecule has 2 aliphatic heterocycles. The molecule has 0 saturated heterocycles. The van der Waals surface area contributed by atoms with Gasteiger partial charge >= 0.3 is 0 Å². The van der Waals surface area contributed by atoms with Crippen molar-refractivity contribution in [2.45, 2.75) is 20.4 Å². The molecule has 10 rings (SSSR count). The molecule has 5 heteroatoms. The van der Waals surface area contributed by atoms with Crippen LogP contribution in [0.5, 0.6) is 0 Å². The summed E-state index contributed by atoms with van der Waals surface area (Å²) in [6, 6.07) is 70.4. The summed E-state index contributed by atoms with van der Waals surface area (Å²) in [5.74, 6) is 0. The Hall–Kier alpha value is -7.24. The van der Waals surface area contributed by atoms with Crippen LogP contribution in [-0.4, -0.2) is 7.05 Å². The van der Waals surface area contributed by atoms with Crippen LogP contribution in [0, 0.1) is 13.8 Å². The summed E-state index contributed by atoms with van der Waals surface area (Å²) in [5.41, 5.74) is 18.7. The quantitative estimate of drug-likeness (QED) is 0.161. The van der Waals surface area contributed by atoms with Crippen molar-refractivity contribution in [2.75, 3.05) is 31.5 Å². The number of fused-ring (bicyclic) bond motifs is 4. The van der Waals surface area contributed by atoms with Gasteiger partial charge in [0, 0.05) is 42.0 Å². The fourth-order valence-corrected chi connectivity index (χ4v) is 8.40. The number of hydrogen-bond acceptors (Lipinski definition) is 5. The monoisotopic (exact) mass is 737 g/mol. The number of benzene rings is 8. The highest BCUT2D eigenvalue weighted by atomic mass is 15.3. The van der Waals surface area contributed by atoms with Crippen LogP contribution in [0.3, 0.4) is 0 Å². The van der Waals surface area contributed by atoms with E-state index in [-0.39, 0.29) is 0 Å². The lowest BCUT2D eigenvalue weighted by molar-refractivity contribution is 0.956. The van der Waals surface area contributed by atoms with Crippen LogP contribution in [0.2, 0.25) is 0 Å². The summed E-state index contributed by atoms with van der Waals surface area (Å²) in [7, 11) is 2.15. The zero-order valence-corrected chi connectivity index (χ0v) is 32.4. The average molecular weight is 738 g/mol. The largest absolute Gasteiger partial charge is 0.341 e. The van der Waals surface area contributed by atoms with Crippen molar-refractivity contribution in [2.24, 2.45) is 0 Å². The van der Waals surface area contributed by atoms with Gasteiger partial charge in [0.25, 0.3) is 0 Å². The Labute approximate surface area is 335 Å². The Bertz CT molecular complexity index is 2560. The maximum Gasteiger partial charge on any atom is 0.0699 e. The molecule has 0 fully saturated rings. The highest BCUT2D eigenvalue weighted by Gasteiger charge is 2.30. The molecule has 0 unspecified atom stereocenters. The number of nitrogens with zero attached hydrogens (tertiary/aromatic N) is 5. The molecule has 0 N–H and O–H groups in total. The Morgan fingerprint density at radius 1 is 0.351 bits per heavy atom. The minimum atomic E-state index is 0.735. The van der Waals surface area contributed by atoms with Crippen molar-refractivity contribution >= 4 is 73.9 Å². The Kier molecular flexibility index (Phi) is 8.49. The average Bonchev–Trinajstić information content (AvgIpc) is 3.26. The first-order chi connectivity index (χ1) is 28.0. The molecule has 0 saturated carbocycles. The van der Waals surface area contributed by atoms with Gasteiger partial charge in [0.1, 0.15) is 0 Å². The van der Waals surface area contributed by atoms with E-state index in [1.807, 2.05) is 0 Å². The van der Waals surface area contributed by atoms with E-state index in [0.29, 0.717) is 0 Å². The van der Waals surface area contributed by atoms with Crippen LogP contribution < -0.4 is 24.5 Å². The SMILES string of the molecule is Cc1ccc(N(c2ccc(C)cc2)c2ccc(N3c4ccccc4N(Cc4ccc(N5c6ccccc6N(C)c6ccccc65)cc4)c4ccccc43)cc2)cc1. The molecular formula is C52H43N5. The van der Waals surface area contributed by atoms with Gasteiger partial charge in [0.2, 0.25) is 0 Å². The van der Waals surface area contributed by atoms with Crippen molar-refractivity contribution in [3.63, 3.8) is 0 Å². The standard InChI is InChI=1S/C52H43N5/c1-37-20-26-40(27-21-37)55(41-28-22-38(2)23-29-41)42-32-34-44(35-33-42)57-51-18-10-6-14-47(51)54(48-15-7-11-19-52(48)57)36-39-24-30-43(31-25-39)56-49-16-8-4-12-45(49)53(3)46-13-5-9-17-50(46)56/h4-35H,36H2,1-3H3. The fraction of sp³-hybridized carbons (Fsp3) is 0.0769. The van der Waals surface area contributed by atoms with E-state index in [9.17, 15) is 0 Å². The van der Waals surface area contributed by atoms with E-state index >= 15 is 0 Å². The summed E-state index contributed by atoms with van der Waals surface area (Å²) >= 11 is 0. The lowest BCUT2D eigenvalue weighted by atomic mass is 10.0. The number of rotatable bonds is 7. The van der Waals surface area contributed by atoms with Gasteiger partial charge in [-0.3, -0.25) is 0 Å². The predicted octanol–water partition coefficient (Wildman–Crippen LogP) is 14.4. The molecule has 0 amide bonds. The highest BCUT2D eigenvalue weighted by molar-refractivity contribution is 5.99. The summed E-state index contributed by atoms with van der Waals surface area (Å²) in [6.07, 6.45) is 0. The lowest BCUT2D eigenvalue weighted by Crippen LogP contribution is -2.27. The van der Waals surface area contributed by atoms with Crippen molar-refractivity contribution < 1.29 is 0 Å². The third kappa shape index (κ3) is 6.05. The first-order valence-corrected chi connectivity index (χ1v) is 19.6. The number of para-hydroxylation sites is 8. The minimum absolute atomic E-state index is 0.735. The van der Waals surface area contributed by atoms with Crippen molar-refractivity contribution in [1.82, 2.24) is 0 Å². The van der Waals surface area contributed by atoms with Crippen LogP contribution in [0.4, 0.5) is 73.9 Å². The molecule has 276 valence electrons. The van der Waals surface area contributed by atoms with Crippen molar-refractivity contribution in [3.8, 4) is 0 Å². The normalized spacial score (nSPS) is 12.8. The van der Waals surface area contributed by atoms with E-state index < -0.39 is 0 Å². The molecule has 2 heterocycles.